The van der Waals surface area contributed by atoms with E-state index in [2.05, 4.69) is 10.1 Å². The van der Waals surface area contributed by atoms with Crippen molar-refractivity contribution in [1.29, 1.82) is 0 Å². The lowest BCUT2D eigenvalue weighted by Crippen LogP contribution is -2.50. The number of piperazine rings is 1. The van der Waals surface area contributed by atoms with Crippen molar-refractivity contribution in [2.45, 2.75) is 6.36 Å². The molecule has 1 heterocycles. The molecule has 0 aliphatic carbocycles. The van der Waals surface area contributed by atoms with Crippen molar-refractivity contribution in [3.63, 3.8) is 0 Å². The summed E-state index contributed by atoms with van der Waals surface area (Å²) in [5.74, 6) is -1.45. The van der Waals surface area contributed by atoms with Crippen molar-refractivity contribution in [3.05, 3.63) is 59.9 Å². The van der Waals surface area contributed by atoms with Crippen LogP contribution in [0, 0.1) is 5.82 Å². The van der Waals surface area contributed by atoms with Crippen molar-refractivity contribution in [2.24, 2.45) is 0 Å². The molecule has 0 radical (unpaired) electrons. The number of hydrogen-bond acceptors (Lipinski definition) is 4. The van der Waals surface area contributed by atoms with Crippen molar-refractivity contribution < 1.29 is 31.9 Å². The van der Waals surface area contributed by atoms with Gasteiger partial charge in [-0.15, -0.1) is 13.2 Å². The molecule has 1 fully saturated rings. The van der Waals surface area contributed by atoms with Crippen LogP contribution in [0.5, 0.6) is 5.75 Å². The zero-order valence-electron chi connectivity index (χ0n) is 15.8. The molecule has 0 spiro atoms. The van der Waals surface area contributed by atoms with Gasteiger partial charge in [-0.25, -0.2) is 4.39 Å². The zero-order chi connectivity index (χ0) is 21.7. The van der Waals surface area contributed by atoms with Crippen LogP contribution < -0.4 is 10.1 Å². The minimum absolute atomic E-state index is 0.0722. The molecule has 160 valence electrons. The van der Waals surface area contributed by atoms with Gasteiger partial charge in [0.15, 0.2) is 0 Å². The van der Waals surface area contributed by atoms with Crippen LogP contribution in [0.3, 0.4) is 0 Å². The predicted octanol–water partition coefficient (Wildman–Crippen LogP) is 3.12. The topological polar surface area (TPSA) is 61.9 Å². The second-order valence-corrected chi connectivity index (χ2v) is 6.70. The molecule has 0 unspecified atom stereocenters. The summed E-state index contributed by atoms with van der Waals surface area (Å²) in [5, 5.41) is 2.61. The molecular weight excluding hydrogens is 406 g/mol. The molecular formula is C20H19F4N3O3. The van der Waals surface area contributed by atoms with Gasteiger partial charge in [0, 0.05) is 37.4 Å². The third kappa shape index (κ3) is 6.18. The molecule has 2 aromatic rings. The van der Waals surface area contributed by atoms with Crippen molar-refractivity contribution in [3.8, 4) is 5.75 Å². The smallest absolute Gasteiger partial charge is 0.406 e. The van der Waals surface area contributed by atoms with Crippen LogP contribution in [0.2, 0.25) is 0 Å². The van der Waals surface area contributed by atoms with Gasteiger partial charge in [-0.1, -0.05) is 6.07 Å². The van der Waals surface area contributed by atoms with Crippen LogP contribution in [-0.2, 0) is 4.79 Å². The van der Waals surface area contributed by atoms with Crippen LogP contribution in [0.15, 0.2) is 48.5 Å². The Balaban J connectivity index is 1.45. The first-order valence-corrected chi connectivity index (χ1v) is 9.12. The summed E-state index contributed by atoms with van der Waals surface area (Å²) < 4.78 is 53.6. The number of nitrogens with one attached hydrogen (secondary N) is 1. The molecule has 1 N–H and O–H groups in total. The van der Waals surface area contributed by atoms with E-state index in [4.69, 9.17) is 0 Å². The van der Waals surface area contributed by atoms with E-state index in [1.54, 1.807) is 11.0 Å². The monoisotopic (exact) mass is 425 g/mol. The second kappa shape index (κ2) is 9.12. The lowest BCUT2D eigenvalue weighted by molar-refractivity contribution is -0.274. The van der Waals surface area contributed by atoms with E-state index in [0.29, 0.717) is 31.9 Å². The molecule has 0 bridgehead atoms. The highest BCUT2D eigenvalue weighted by Crippen LogP contribution is 2.24. The highest BCUT2D eigenvalue weighted by molar-refractivity contribution is 5.94. The number of rotatable bonds is 5. The number of ether oxygens (including phenoxy) is 1. The fourth-order valence-electron chi connectivity index (χ4n) is 3.06. The third-order valence-corrected chi connectivity index (χ3v) is 4.47. The maximum Gasteiger partial charge on any atom is 0.573 e. The van der Waals surface area contributed by atoms with Gasteiger partial charge in [0.2, 0.25) is 5.91 Å². The van der Waals surface area contributed by atoms with Crippen LogP contribution in [-0.4, -0.2) is 60.7 Å². The lowest BCUT2D eigenvalue weighted by Gasteiger charge is -2.34. The van der Waals surface area contributed by atoms with Gasteiger partial charge in [0.1, 0.15) is 11.6 Å². The van der Waals surface area contributed by atoms with Gasteiger partial charge >= 0.3 is 6.36 Å². The normalized spacial score (nSPS) is 15.0. The van der Waals surface area contributed by atoms with Gasteiger partial charge < -0.3 is 15.0 Å². The Morgan fingerprint density at radius 1 is 1.00 bits per heavy atom. The van der Waals surface area contributed by atoms with Crippen LogP contribution in [0.4, 0.5) is 23.2 Å². The first-order valence-electron chi connectivity index (χ1n) is 9.12. The van der Waals surface area contributed by atoms with E-state index in [1.165, 1.54) is 30.3 Å². The number of benzene rings is 2. The van der Waals surface area contributed by atoms with Gasteiger partial charge in [-0.05, 0) is 42.5 Å². The molecule has 10 heteroatoms. The zero-order valence-corrected chi connectivity index (χ0v) is 15.8. The standard InChI is InChI=1S/C20H19F4N3O3/c21-15-3-1-2-14(12-15)19(29)27-10-8-26(9-11-27)13-18(28)25-16-4-6-17(7-5-16)30-20(22,23)24/h1-7,12H,8-11,13H2,(H,25,28). The minimum Gasteiger partial charge on any atom is -0.406 e. The minimum atomic E-state index is -4.77. The molecule has 6 nitrogen and oxygen atoms in total. The van der Waals surface area contributed by atoms with Crippen molar-refractivity contribution in [2.75, 3.05) is 38.0 Å². The number of hydrogen-bond donors (Lipinski definition) is 1. The van der Waals surface area contributed by atoms with E-state index < -0.39 is 12.2 Å². The first-order chi connectivity index (χ1) is 14.2. The highest BCUT2D eigenvalue weighted by Gasteiger charge is 2.31. The van der Waals surface area contributed by atoms with Gasteiger partial charge in [-0.2, -0.15) is 0 Å². The molecule has 2 amide bonds. The average molecular weight is 425 g/mol. The number of nitrogens with zero attached hydrogens (tertiary/aromatic N) is 2. The predicted molar refractivity (Wildman–Crippen MR) is 100 cm³/mol. The summed E-state index contributed by atoms with van der Waals surface area (Å²) in [4.78, 5) is 28.1. The van der Waals surface area contributed by atoms with E-state index >= 15 is 0 Å². The maximum atomic E-state index is 13.3. The summed E-state index contributed by atoms with van der Waals surface area (Å²) in [6.07, 6.45) is -4.77. The van der Waals surface area contributed by atoms with Gasteiger partial charge in [-0.3, -0.25) is 14.5 Å². The van der Waals surface area contributed by atoms with E-state index in [-0.39, 0.29) is 29.7 Å². The number of alkyl halides is 3. The summed E-state index contributed by atoms with van der Waals surface area (Å²) in [6, 6.07) is 10.3. The summed E-state index contributed by atoms with van der Waals surface area (Å²) in [7, 11) is 0. The highest BCUT2D eigenvalue weighted by atomic mass is 19.4. The average Bonchev–Trinajstić information content (AvgIpc) is 2.68. The fraction of sp³-hybridized carbons (Fsp3) is 0.300. The first kappa shape index (κ1) is 21.6. The molecule has 0 atom stereocenters. The Hall–Kier alpha value is -3.14. The SMILES string of the molecule is O=C(CN1CCN(C(=O)c2cccc(F)c2)CC1)Nc1ccc(OC(F)(F)F)cc1. The lowest BCUT2D eigenvalue weighted by atomic mass is 10.1. The number of carbonyl (C=O) groups is 2. The Morgan fingerprint density at radius 3 is 2.27 bits per heavy atom. The third-order valence-electron chi connectivity index (χ3n) is 4.47. The number of halogens is 4. The molecule has 3 rings (SSSR count). The van der Waals surface area contributed by atoms with Crippen LogP contribution in [0.25, 0.3) is 0 Å². The second-order valence-electron chi connectivity index (χ2n) is 6.70. The molecule has 0 aromatic heterocycles. The number of anilines is 1. The van der Waals surface area contributed by atoms with Crippen LogP contribution >= 0.6 is 0 Å². The van der Waals surface area contributed by atoms with E-state index in [0.717, 1.165) is 12.1 Å². The van der Waals surface area contributed by atoms with Crippen molar-refractivity contribution in [1.82, 2.24) is 9.80 Å². The summed E-state index contributed by atoms with van der Waals surface area (Å²) >= 11 is 0. The quantitative estimate of drug-likeness (QED) is 0.748. The molecule has 1 aliphatic rings. The largest absolute Gasteiger partial charge is 0.573 e. The van der Waals surface area contributed by atoms with Crippen LogP contribution in [0.1, 0.15) is 10.4 Å². The molecule has 2 aromatic carbocycles. The van der Waals surface area contributed by atoms with Crippen molar-refractivity contribution >= 4 is 17.5 Å². The molecule has 0 saturated carbocycles. The summed E-state index contributed by atoms with van der Waals surface area (Å²) in [6.45, 7) is 1.79. The van der Waals surface area contributed by atoms with Gasteiger partial charge in [0.25, 0.3) is 5.91 Å². The van der Waals surface area contributed by atoms with E-state index in [9.17, 15) is 27.2 Å². The fourth-order valence-corrected chi connectivity index (χ4v) is 3.06. The Morgan fingerprint density at radius 2 is 1.67 bits per heavy atom. The Kier molecular flexibility index (Phi) is 6.56. The molecule has 1 saturated heterocycles. The summed E-state index contributed by atoms with van der Waals surface area (Å²) in [5.41, 5.74) is 0.619. The molecule has 1 aliphatic heterocycles. The Labute approximate surface area is 170 Å². The number of carbonyl (C=O) groups excluding carboxylic acids is 2. The molecule has 30 heavy (non-hydrogen) atoms. The maximum absolute atomic E-state index is 13.3. The van der Waals surface area contributed by atoms with E-state index in [1.807, 2.05) is 4.90 Å². The number of amides is 2. The Bertz CT molecular complexity index is 895. The van der Waals surface area contributed by atoms with Gasteiger partial charge in [0.05, 0.1) is 6.54 Å².